The molecular weight excluding hydrogens is 144 g/mol. The maximum Gasteiger partial charge on any atom is 0.307 e. The van der Waals surface area contributed by atoms with E-state index in [9.17, 15) is 9.59 Å². The first-order valence-electron chi connectivity index (χ1n) is 3.55. The van der Waals surface area contributed by atoms with Crippen LogP contribution in [0.2, 0.25) is 0 Å². The monoisotopic (exact) mass is 154 g/mol. The molecule has 0 radical (unpaired) electrons. The summed E-state index contributed by atoms with van der Waals surface area (Å²) in [5.74, 6) is -0.917. The van der Waals surface area contributed by atoms with Gasteiger partial charge >= 0.3 is 5.97 Å². The Bertz CT molecular complexity index is 238. The summed E-state index contributed by atoms with van der Waals surface area (Å²) in [4.78, 5) is 21.3. The molecule has 3 heteroatoms. The lowest BCUT2D eigenvalue weighted by Gasteiger charge is -1.95. The molecule has 0 saturated carbocycles. The van der Waals surface area contributed by atoms with Gasteiger partial charge in [-0.2, -0.15) is 0 Å². The van der Waals surface area contributed by atoms with Gasteiger partial charge in [-0.3, -0.25) is 9.59 Å². The molecule has 1 N–H and O–H groups in total. The molecule has 11 heavy (non-hydrogen) atoms. The number of hydrogen-bond acceptors (Lipinski definition) is 2. The number of carbonyl (C=O) groups is 2. The first kappa shape index (κ1) is 7.98. The average molecular weight is 154 g/mol. The average Bonchev–Trinajstić information content (AvgIpc) is 2.18. The predicted molar refractivity (Wildman–Crippen MR) is 39.2 cm³/mol. The Balaban J connectivity index is 2.75. The van der Waals surface area contributed by atoms with Gasteiger partial charge < -0.3 is 5.11 Å². The van der Waals surface area contributed by atoms with Crippen LogP contribution < -0.4 is 0 Å². The fourth-order valence-electron chi connectivity index (χ4n) is 1.24. The minimum absolute atomic E-state index is 0.00454. The van der Waals surface area contributed by atoms with E-state index in [1.165, 1.54) is 0 Å². The quantitative estimate of drug-likeness (QED) is 0.648. The molecule has 0 bridgehead atoms. The highest BCUT2D eigenvalue weighted by Crippen LogP contribution is 2.24. The van der Waals surface area contributed by atoms with Crippen LogP contribution in [0.25, 0.3) is 0 Å². The lowest BCUT2D eigenvalue weighted by Crippen LogP contribution is -2.03. The summed E-state index contributed by atoms with van der Waals surface area (Å²) >= 11 is 0. The second-order valence-electron chi connectivity index (χ2n) is 2.75. The first-order chi connectivity index (χ1) is 5.11. The zero-order valence-electron chi connectivity index (χ0n) is 6.39. The molecule has 0 aromatic heterocycles. The van der Waals surface area contributed by atoms with Gasteiger partial charge in [-0.1, -0.05) is 5.57 Å². The minimum Gasteiger partial charge on any atom is -0.481 e. The van der Waals surface area contributed by atoms with E-state index in [1.807, 2.05) is 6.92 Å². The molecule has 3 nitrogen and oxygen atoms in total. The van der Waals surface area contributed by atoms with E-state index >= 15 is 0 Å². The molecule has 0 unspecified atom stereocenters. The summed E-state index contributed by atoms with van der Waals surface area (Å²) in [7, 11) is 0. The summed E-state index contributed by atoms with van der Waals surface area (Å²) in [6, 6.07) is 0. The van der Waals surface area contributed by atoms with Crippen LogP contribution in [0.1, 0.15) is 26.2 Å². The van der Waals surface area contributed by atoms with E-state index in [0.717, 1.165) is 12.0 Å². The van der Waals surface area contributed by atoms with Crippen molar-refractivity contribution in [2.24, 2.45) is 0 Å². The van der Waals surface area contributed by atoms with Gasteiger partial charge in [0.1, 0.15) is 0 Å². The van der Waals surface area contributed by atoms with Gasteiger partial charge in [-0.25, -0.2) is 0 Å². The Morgan fingerprint density at radius 3 is 2.55 bits per heavy atom. The summed E-state index contributed by atoms with van der Waals surface area (Å²) in [5.41, 5.74) is 1.45. The number of aliphatic carboxylic acids is 1. The Morgan fingerprint density at radius 1 is 1.55 bits per heavy atom. The van der Waals surface area contributed by atoms with E-state index in [-0.39, 0.29) is 12.2 Å². The van der Waals surface area contributed by atoms with Crippen molar-refractivity contribution >= 4 is 11.8 Å². The Kier molecular flexibility index (Phi) is 2.08. The molecule has 0 aromatic carbocycles. The van der Waals surface area contributed by atoms with E-state index in [1.54, 1.807) is 0 Å². The molecule has 0 aliphatic heterocycles. The van der Waals surface area contributed by atoms with Crippen LogP contribution in [0, 0.1) is 0 Å². The SMILES string of the molecule is CC1=C(CC(=O)O)C(=O)CC1. The fraction of sp³-hybridized carbons (Fsp3) is 0.500. The molecule has 0 saturated heterocycles. The third kappa shape index (κ3) is 1.67. The summed E-state index contributed by atoms with van der Waals surface area (Å²) < 4.78 is 0. The number of carbonyl (C=O) groups excluding carboxylic acids is 1. The van der Waals surface area contributed by atoms with E-state index in [4.69, 9.17) is 5.11 Å². The van der Waals surface area contributed by atoms with Gasteiger partial charge in [0.15, 0.2) is 5.78 Å². The normalized spacial score (nSPS) is 17.7. The number of carboxylic acids is 1. The molecule has 1 aliphatic carbocycles. The summed E-state index contributed by atoms with van der Waals surface area (Å²) in [6.45, 7) is 1.82. The third-order valence-corrected chi connectivity index (χ3v) is 1.91. The molecule has 1 rings (SSSR count). The molecule has 0 fully saturated rings. The van der Waals surface area contributed by atoms with Gasteiger partial charge in [0.05, 0.1) is 6.42 Å². The van der Waals surface area contributed by atoms with Crippen LogP contribution in [0.3, 0.4) is 0 Å². The van der Waals surface area contributed by atoms with Gasteiger partial charge in [0.25, 0.3) is 0 Å². The lowest BCUT2D eigenvalue weighted by molar-refractivity contribution is -0.136. The maximum atomic E-state index is 11.0. The first-order valence-corrected chi connectivity index (χ1v) is 3.55. The Hall–Kier alpha value is -1.12. The second-order valence-corrected chi connectivity index (χ2v) is 2.75. The smallest absolute Gasteiger partial charge is 0.307 e. The third-order valence-electron chi connectivity index (χ3n) is 1.91. The van der Waals surface area contributed by atoms with Crippen molar-refractivity contribution in [2.45, 2.75) is 26.2 Å². The van der Waals surface area contributed by atoms with E-state index in [0.29, 0.717) is 12.0 Å². The largest absolute Gasteiger partial charge is 0.481 e. The van der Waals surface area contributed by atoms with Crippen LogP contribution in [-0.4, -0.2) is 16.9 Å². The zero-order chi connectivity index (χ0) is 8.43. The minimum atomic E-state index is -0.922. The molecule has 0 atom stereocenters. The van der Waals surface area contributed by atoms with Crippen LogP contribution in [0.15, 0.2) is 11.1 Å². The number of allylic oxidation sites excluding steroid dienone is 1. The van der Waals surface area contributed by atoms with Crippen LogP contribution in [0.5, 0.6) is 0 Å². The maximum absolute atomic E-state index is 11.0. The molecule has 0 aromatic rings. The van der Waals surface area contributed by atoms with Gasteiger partial charge in [0.2, 0.25) is 0 Å². The number of carboxylic acid groups (broad SMARTS) is 1. The van der Waals surface area contributed by atoms with E-state index in [2.05, 4.69) is 0 Å². The second kappa shape index (κ2) is 2.86. The molecule has 0 heterocycles. The molecule has 60 valence electrons. The van der Waals surface area contributed by atoms with Crippen LogP contribution in [0.4, 0.5) is 0 Å². The van der Waals surface area contributed by atoms with Crippen LogP contribution >= 0.6 is 0 Å². The summed E-state index contributed by atoms with van der Waals surface area (Å²) in [6.07, 6.45) is 1.13. The highest BCUT2D eigenvalue weighted by atomic mass is 16.4. The van der Waals surface area contributed by atoms with Crippen molar-refractivity contribution in [2.75, 3.05) is 0 Å². The lowest BCUT2D eigenvalue weighted by atomic mass is 10.1. The van der Waals surface area contributed by atoms with Crippen molar-refractivity contribution in [1.29, 1.82) is 0 Å². The Labute approximate surface area is 64.7 Å². The van der Waals surface area contributed by atoms with Crippen LogP contribution in [-0.2, 0) is 9.59 Å². The van der Waals surface area contributed by atoms with Crippen molar-refractivity contribution < 1.29 is 14.7 Å². The fourth-order valence-corrected chi connectivity index (χ4v) is 1.24. The van der Waals surface area contributed by atoms with Crippen molar-refractivity contribution in [1.82, 2.24) is 0 Å². The molecule has 0 amide bonds. The van der Waals surface area contributed by atoms with Crippen molar-refractivity contribution in [3.05, 3.63) is 11.1 Å². The zero-order valence-corrected chi connectivity index (χ0v) is 6.39. The molecule has 1 aliphatic rings. The van der Waals surface area contributed by atoms with Gasteiger partial charge in [-0.05, 0) is 13.3 Å². The Morgan fingerprint density at radius 2 is 2.18 bits per heavy atom. The molecular formula is C8H10O3. The van der Waals surface area contributed by atoms with Crippen molar-refractivity contribution in [3.63, 3.8) is 0 Å². The molecule has 0 spiro atoms. The number of rotatable bonds is 2. The van der Waals surface area contributed by atoms with E-state index < -0.39 is 5.97 Å². The summed E-state index contributed by atoms with van der Waals surface area (Å²) in [5, 5.41) is 8.42. The number of hydrogen-bond donors (Lipinski definition) is 1. The van der Waals surface area contributed by atoms with Crippen molar-refractivity contribution in [3.8, 4) is 0 Å². The highest BCUT2D eigenvalue weighted by Gasteiger charge is 2.21. The topological polar surface area (TPSA) is 54.4 Å². The van der Waals surface area contributed by atoms with Gasteiger partial charge in [-0.15, -0.1) is 0 Å². The standard InChI is InChI=1S/C8H10O3/c1-5-2-3-7(9)6(5)4-8(10)11/h2-4H2,1H3,(H,10,11). The number of ketones is 1. The predicted octanol–water partition coefficient (Wildman–Crippen LogP) is 1.14. The van der Waals surface area contributed by atoms with Gasteiger partial charge in [0, 0.05) is 12.0 Å². The number of Topliss-reactive ketones (excluding diaryl/α,β-unsaturated/α-hetero) is 1. The highest BCUT2D eigenvalue weighted by molar-refractivity contribution is 6.01.